The molecule has 0 saturated carbocycles. The van der Waals surface area contributed by atoms with Crippen LogP contribution in [0.15, 0.2) is 18.3 Å². The van der Waals surface area contributed by atoms with E-state index in [4.69, 9.17) is 4.74 Å². The van der Waals surface area contributed by atoms with Gasteiger partial charge >= 0.3 is 5.97 Å². The number of aromatic nitrogens is 3. The molecule has 2 aromatic rings. The van der Waals surface area contributed by atoms with Crippen molar-refractivity contribution in [2.24, 2.45) is 0 Å². The molecule has 6 heteroatoms. The molecule has 3 rings (SSSR count). The van der Waals surface area contributed by atoms with Gasteiger partial charge in [-0.2, -0.15) is 16.9 Å². The van der Waals surface area contributed by atoms with Gasteiger partial charge in [-0.15, -0.1) is 0 Å². The lowest BCUT2D eigenvalue weighted by atomic mass is 10.1. The Labute approximate surface area is 115 Å². The maximum atomic E-state index is 11.5. The molecule has 0 bridgehead atoms. The van der Waals surface area contributed by atoms with Gasteiger partial charge < -0.3 is 4.74 Å². The fourth-order valence-corrected chi connectivity index (χ4v) is 3.40. The van der Waals surface area contributed by atoms with E-state index in [1.165, 1.54) is 19.3 Å². The van der Waals surface area contributed by atoms with Crippen LogP contribution in [0.5, 0.6) is 0 Å². The summed E-state index contributed by atoms with van der Waals surface area (Å²) in [6, 6.07) is 3.42. The van der Waals surface area contributed by atoms with Gasteiger partial charge in [0.05, 0.1) is 12.7 Å². The average molecular weight is 277 g/mol. The quantitative estimate of drug-likeness (QED) is 0.787. The van der Waals surface area contributed by atoms with E-state index in [9.17, 15) is 4.79 Å². The fourth-order valence-electron chi connectivity index (χ4n) is 2.26. The van der Waals surface area contributed by atoms with Crippen molar-refractivity contribution in [1.82, 2.24) is 14.6 Å². The van der Waals surface area contributed by atoms with Crippen LogP contribution in [0.1, 0.15) is 34.9 Å². The molecular weight excluding hydrogens is 262 g/mol. The minimum Gasteiger partial charge on any atom is -0.465 e. The first kappa shape index (κ1) is 12.5. The number of hydrogen-bond donors (Lipinski definition) is 0. The Morgan fingerprint density at radius 2 is 2.47 bits per heavy atom. The van der Waals surface area contributed by atoms with Crippen molar-refractivity contribution in [3.63, 3.8) is 0 Å². The van der Waals surface area contributed by atoms with E-state index >= 15 is 0 Å². The number of methoxy groups -OCH3 is 1. The number of hydrogen-bond acceptors (Lipinski definition) is 5. The number of fused-ring (bicyclic) bond motifs is 1. The van der Waals surface area contributed by atoms with Crippen LogP contribution in [-0.4, -0.2) is 39.2 Å². The van der Waals surface area contributed by atoms with Crippen LogP contribution in [0.2, 0.25) is 0 Å². The molecule has 100 valence electrons. The normalized spacial score (nSPS) is 19.5. The highest BCUT2D eigenvalue weighted by Crippen LogP contribution is 2.29. The van der Waals surface area contributed by atoms with E-state index in [0.29, 0.717) is 17.1 Å². The molecule has 2 aromatic heterocycles. The number of thioether (sulfide) groups is 1. The summed E-state index contributed by atoms with van der Waals surface area (Å²) in [4.78, 5) is 16.0. The molecule has 1 saturated heterocycles. The Morgan fingerprint density at radius 1 is 1.58 bits per heavy atom. The molecule has 0 radical (unpaired) electrons. The van der Waals surface area contributed by atoms with Gasteiger partial charge in [0.2, 0.25) is 0 Å². The van der Waals surface area contributed by atoms with Crippen LogP contribution in [-0.2, 0) is 4.74 Å². The van der Waals surface area contributed by atoms with Crippen molar-refractivity contribution in [3.05, 3.63) is 29.7 Å². The Kier molecular flexibility index (Phi) is 3.42. The Hall–Kier alpha value is -1.56. The van der Waals surface area contributed by atoms with Gasteiger partial charge in [0.15, 0.2) is 11.5 Å². The Balaban J connectivity index is 1.93. The van der Waals surface area contributed by atoms with Gasteiger partial charge in [-0.3, -0.25) is 0 Å². The maximum Gasteiger partial charge on any atom is 0.338 e. The number of esters is 1. The van der Waals surface area contributed by atoms with Crippen molar-refractivity contribution in [3.8, 4) is 0 Å². The maximum absolute atomic E-state index is 11.5. The second-order valence-electron chi connectivity index (χ2n) is 4.59. The first-order chi connectivity index (χ1) is 9.28. The van der Waals surface area contributed by atoms with Crippen LogP contribution in [0.4, 0.5) is 0 Å². The highest BCUT2D eigenvalue weighted by molar-refractivity contribution is 7.99. The third kappa shape index (κ3) is 2.45. The molecule has 0 N–H and O–H groups in total. The van der Waals surface area contributed by atoms with E-state index in [1.54, 1.807) is 22.8 Å². The summed E-state index contributed by atoms with van der Waals surface area (Å²) >= 11 is 1.96. The van der Waals surface area contributed by atoms with Crippen molar-refractivity contribution in [1.29, 1.82) is 0 Å². The molecule has 1 fully saturated rings. The monoisotopic (exact) mass is 277 g/mol. The van der Waals surface area contributed by atoms with E-state index in [0.717, 1.165) is 18.0 Å². The van der Waals surface area contributed by atoms with E-state index in [-0.39, 0.29) is 5.97 Å². The lowest BCUT2D eigenvalue weighted by Crippen LogP contribution is -2.10. The number of carbonyl (C=O) groups excluding carboxylic acids is 1. The first-order valence-corrected chi connectivity index (χ1v) is 7.46. The Bertz CT molecular complexity index is 605. The molecule has 1 aliphatic heterocycles. The van der Waals surface area contributed by atoms with E-state index < -0.39 is 0 Å². The number of pyridine rings is 1. The van der Waals surface area contributed by atoms with Gasteiger partial charge in [0, 0.05) is 17.9 Å². The number of ether oxygens (including phenoxy) is 1. The van der Waals surface area contributed by atoms with Crippen LogP contribution in [0.25, 0.3) is 5.65 Å². The molecule has 1 atom stereocenters. The molecule has 0 amide bonds. The van der Waals surface area contributed by atoms with Crippen molar-refractivity contribution in [2.45, 2.75) is 18.8 Å². The van der Waals surface area contributed by atoms with E-state index in [2.05, 4.69) is 10.1 Å². The van der Waals surface area contributed by atoms with E-state index in [1.807, 2.05) is 11.8 Å². The summed E-state index contributed by atoms with van der Waals surface area (Å²) in [5.74, 6) is 3.28. The van der Waals surface area contributed by atoms with Gasteiger partial charge in [-0.25, -0.2) is 14.3 Å². The van der Waals surface area contributed by atoms with Crippen molar-refractivity contribution < 1.29 is 9.53 Å². The third-order valence-corrected chi connectivity index (χ3v) is 4.52. The smallest absolute Gasteiger partial charge is 0.338 e. The molecule has 5 nitrogen and oxygen atoms in total. The summed E-state index contributed by atoms with van der Waals surface area (Å²) in [5, 5.41) is 4.50. The summed E-state index contributed by atoms with van der Waals surface area (Å²) in [5.41, 5.74) is 1.21. The first-order valence-electron chi connectivity index (χ1n) is 6.30. The zero-order valence-corrected chi connectivity index (χ0v) is 11.5. The van der Waals surface area contributed by atoms with Crippen LogP contribution in [0, 0.1) is 0 Å². The third-order valence-electron chi connectivity index (χ3n) is 3.30. The summed E-state index contributed by atoms with van der Waals surface area (Å²) in [6.45, 7) is 0. The molecular formula is C13H15N3O2S. The second-order valence-corrected chi connectivity index (χ2v) is 5.74. The number of rotatable bonds is 2. The largest absolute Gasteiger partial charge is 0.465 e. The predicted octanol–water partition coefficient (Wildman–Crippen LogP) is 2.13. The lowest BCUT2D eigenvalue weighted by molar-refractivity contribution is 0.0600. The molecule has 0 aromatic carbocycles. The SMILES string of the molecule is COC(=O)c1ccn2nc(C3CCCSC3)nc2c1. The summed E-state index contributed by atoms with van der Waals surface area (Å²) in [7, 11) is 1.38. The predicted molar refractivity (Wildman–Crippen MR) is 73.6 cm³/mol. The Morgan fingerprint density at radius 3 is 3.21 bits per heavy atom. The molecule has 0 aliphatic carbocycles. The number of nitrogens with zero attached hydrogens (tertiary/aromatic N) is 3. The topological polar surface area (TPSA) is 56.5 Å². The lowest BCUT2D eigenvalue weighted by Gasteiger charge is -2.17. The molecule has 19 heavy (non-hydrogen) atoms. The van der Waals surface area contributed by atoms with Crippen molar-refractivity contribution in [2.75, 3.05) is 18.6 Å². The molecule has 1 unspecified atom stereocenters. The van der Waals surface area contributed by atoms with Gasteiger partial charge in [0.1, 0.15) is 0 Å². The summed E-state index contributed by atoms with van der Waals surface area (Å²) < 4.78 is 6.43. The minimum atomic E-state index is -0.347. The van der Waals surface area contributed by atoms with Gasteiger partial charge in [-0.1, -0.05) is 0 Å². The zero-order valence-electron chi connectivity index (χ0n) is 10.7. The summed E-state index contributed by atoms with van der Waals surface area (Å²) in [6.07, 6.45) is 4.13. The van der Waals surface area contributed by atoms with Crippen LogP contribution in [0.3, 0.4) is 0 Å². The van der Waals surface area contributed by atoms with Gasteiger partial charge in [0.25, 0.3) is 0 Å². The van der Waals surface area contributed by atoms with Crippen molar-refractivity contribution >= 4 is 23.4 Å². The average Bonchev–Trinajstić information content (AvgIpc) is 2.90. The highest BCUT2D eigenvalue weighted by Gasteiger charge is 2.20. The minimum absolute atomic E-state index is 0.347. The zero-order chi connectivity index (χ0) is 13.2. The highest BCUT2D eigenvalue weighted by atomic mass is 32.2. The van der Waals surface area contributed by atoms with Gasteiger partial charge in [-0.05, 0) is 30.7 Å². The standard InChI is InChI=1S/C13H15N3O2S/c1-18-13(17)9-4-5-16-11(7-9)14-12(15-16)10-3-2-6-19-8-10/h4-5,7,10H,2-3,6,8H2,1H3. The van der Waals surface area contributed by atoms with Crippen LogP contribution >= 0.6 is 11.8 Å². The molecule has 3 heterocycles. The fraction of sp³-hybridized carbons (Fsp3) is 0.462. The molecule has 0 spiro atoms. The van der Waals surface area contributed by atoms with Crippen LogP contribution < -0.4 is 0 Å². The second kappa shape index (κ2) is 5.21. The molecule has 1 aliphatic rings. The number of carbonyl (C=O) groups is 1.